The van der Waals surface area contributed by atoms with Crippen molar-refractivity contribution in [3.8, 4) is 0 Å². The Hall–Kier alpha value is -0.630. The molecule has 174 valence electrons. The van der Waals surface area contributed by atoms with E-state index < -0.39 is 0 Å². The highest BCUT2D eigenvalue weighted by atomic mass is 79.9. The van der Waals surface area contributed by atoms with Crippen molar-refractivity contribution in [2.24, 2.45) is 5.73 Å². The number of nitrogens with zero attached hydrogens (tertiary/aromatic N) is 3. The zero-order valence-corrected chi connectivity index (χ0v) is 22.0. The Morgan fingerprint density at radius 3 is 2.84 bits per heavy atom. The second kappa shape index (κ2) is 11.2. The van der Waals surface area contributed by atoms with E-state index in [0.717, 1.165) is 54.3 Å². The number of piperazine rings is 1. The van der Waals surface area contributed by atoms with Gasteiger partial charge in [0, 0.05) is 59.7 Å². The molecule has 2 aromatic rings. The zero-order chi connectivity index (χ0) is 22.7. The third-order valence-corrected chi connectivity index (χ3v) is 8.02. The van der Waals surface area contributed by atoms with Gasteiger partial charge in [-0.25, -0.2) is 0 Å². The van der Waals surface area contributed by atoms with E-state index in [9.17, 15) is 0 Å². The van der Waals surface area contributed by atoms with E-state index in [0.29, 0.717) is 6.04 Å². The molecule has 7 heteroatoms. The van der Waals surface area contributed by atoms with Crippen molar-refractivity contribution < 1.29 is 0 Å². The van der Waals surface area contributed by atoms with E-state index in [4.69, 9.17) is 22.3 Å². The number of unbranched alkanes of at least 4 members (excludes halogenated alkanes) is 1. The summed E-state index contributed by atoms with van der Waals surface area (Å²) >= 11 is 14.5. The number of aryl methyl sites for hydroxylation is 2. The second-order valence-electron chi connectivity index (χ2n) is 9.17. The molecule has 1 aliphatic heterocycles. The minimum atomic E-state index is 0.120. The molecule has 0 radical (unpaired) electrons. The van der Waals surface area contributed by atoms with Gasteiger partial charge in [-0.1, -0.05) is 37.4 Å². The van der Waals surface area contributed by atoms with Crippen LogP contribution >= 0.6 is 40.2 Å². The molecular formula is C25H34BrClN4S. The number of hydrogen-bond acceptors (Lipinski definition) is 5. The predicted molar refractivity (Wildman–Crippen MR) is 141 cm³/mol. The third kappa shape index (κ3) is 5.53. The monoisotopic (exact) mass is 536 g/mol. The topological polar surface area (TPSA) is 45.4 Å². The van der Waals surface area contributed by atoms with Gasteiger partial charge in [0.05, 0.1) is 11.7 Å². The van der Waals surface area contributed by atoms with Crippen LogP contribution in [-0.2, 0) is 12.8 Å². The summed E-state index contributed by atoms with van der Waals surface area (Å²) in [6.45, 7) is 6.26. The summed E-state index contributed by atoms with van der Waals surface area (Å²) in [5.41, 5.74) is 11.5. The van der Waals surface area contributed by atoms with Crippen LogP contribution in [0.25, 0.3) is 0 Å². The molecule has 1 aromatic heterocycles. The average molecular weight is 538 g/mol. The Morgan fingerprint density at radius 1 is 1.25 bits per heavy atom. The van der Waals surface area contributed by atoms with Gasteiger partial charge in [0.1, 0.15) is 0 Å². The van der Waals surface area contributed by atoms with Crippen LogP contribution in [0.2, 0.25) is 5.02 Å². The molecule has 1 saturated heterocycles. The first-order valence-electron chi connectivity index (χ1n) is 11.8. The summed E-state index contributed by atoms with van der Waals surface area (Å²) in [6.07, 6.45) is 7.58. The number of hydrogen-bond donors (Lipinski definition) is 2. The van der Waals surface area contributed by atoms with E-state index in [1.165, 1.54) is 41.6 Å². The van der Waals surface area contributed by atoms with Gasteiger partial charge in [-0.3, -0.25) is 14.8 Å². The molecule has 4 rings (SSSR count). The van der Waals surface area contributed by atoms with E-state index in [1.807, 2.05) is 12.3 Å². The molecule has 3 unspecified atom stereocenters. The average Bonchev–Trinajstić information content (AvgIpc) is 2.94. The van der Waals surface area contributed by atoms with Gasteiger partial charge >= 0.3 is 0 Å². The molecule has 0 saturated carbocycles. The van der Waals surface area contributed by atoms with Gasteiger partial charge in [-0.15, -0.1) is 0 Å². The molecule has 2 heterocycles. The highest BCUT2D eigenvalue weighted by Gasteiger charge is 2.36. The largest absolute Gasteiger partial charge is 0.326 e. The highest BCUT2D eigenvalue weighted by Crippen LogP contribution is 2.38. The predicted octanol–water partition coefficient (Wildman–Crippen LogP) is 5.12. The van der Waals surface area contributed by atoms with Crippen molar-refractivity contribution in [2.75, 3.05) is 31.9 Å². The molecule has 0 spiro atoms. The molecule has 0 amide bonds. The number of nitrogens with two attached hydrogens (primary N) is 1. The van der Waals surface area contributed by atoms with Crippen LogP contribution in [0.15, 0.2) is 34.9 Å². The number of pyridine rings is 1. The first kappa shape index (κ1) is 24.5. The molecule has 4 nitrogen and oxygen atoms in total. The number of benzene rings is 1. The zero-order valence-electron chi connectivity index (χ0n) is 18.8. The first-order chi connectivity index (χ1) is 15.5. The lowest BCUT2D eigenvalue weighted by atomic mass is 9.94. The maximum absolute atomic E-state index is 6.40. The summed E-state index contributed by atoms with van der Waals surface area (Å²) in [5, 5.41) is 0.814. The molecule has 1 fully saturated rings. The van der Waals surface area contributed by atoms with Crippen molar-refractivity contribution in [2.45, 2.75) is 57.2 Å². The van der Waals surface area contributed by atoms with Crippen LogP contribution < -0.4 is 5.73 Å². The van der Waals surface area contributed by atoms with Crippen molar-refractivity contribution in [3.05, 3.63) is 62.3 Å². The molecule has 0 bridgehead atoms. The van der Waals surface area contributed by atoms with Crippen LogP contribution in [0.5, 0.6) is 0 Å². The van der Waals surface area contributed by atoms with E-state index in [2.05, 4.69) is 63.5 Å². The second-order valence-corrected chi connectivity index (χ2v) is 10.9. The normalized spacial score (nSPS) is 22.8. The Morgan fingerprint density at radius 2 is 2.06 bits per heavy atom. The molecule has 2 N–H and O–H groups in total. The lowest BCUT2D eigenvalue weighted by Crippen LogP contribution is -2.56. The molecule has 3 atom stereocenters. The van der Waals surface area contributed by atoms with Crippen molar-refractivity contribution in [1.29, 1.82) is 0 Å². The number of thiol groups is 1. The lowest BCUT2D eigenvalue weighted by Gasteiger charge is -2.45. The molecule has 32 heavy (non-hydrogen) atoms. The molecule has 1 aromatic carbocycles. The maximum atomic E-state index is 6.40. The third-order valence-electron chi connectivity index (χ3n) is 6.89. The Balaban J connectivity index is 1.68. The van der Waals surface area contributed by atoms with Crippen LogP contribution in [0.3, 0.4) is 0 Å². The Bertz CT molecular complexity index is 873. The van der Waals surface area contributed by atoms with Crippen LogP contribution in [0, 0.1) is 0 Å². The number of fused-ring (bicyclic) bond motifs is 2. The summed E-state index contributed by atoms with van der Waals surface area (Å²) in [5.74, 6) is 0.726. The SMILES string of the molecule is CCCCC1CN(C2c3ccc(Cl)cc3CCc3cc(Br)cnc32)CCN1CC(N)CS. The Kier molecular flexibility index (Phi) is 8.57. The van der Waals surface area contributed by atoms with Crippen molar-refractivity contribution >= 4 is 40.2 Å². The molecular weight excluding hydrogens is 504 g/mol. The van der Waals surface area contributed by atoms with Crippen LogP contribution in [-0.4, -0.2) is 58.8 Å². The minimum Gasteiger partial charge on any atom is -0.326 e. The lowest BCUT2D eigenvalue weighted by molar-refractivity contribution is 0.0482. The van der Waals surface area contributed by atoms with Gasteiger partial charge in [0.15, 0.2) is 0 Å². The van der Waals surface area contributed by atoms with E-state index in [-0.39, 0.29) is 12.1 Å². The van der Waals surface area contributed by atoms with E-state index >= 15 is 0 Å². The van der Waals surface area contributed by atoms with Gasteiger partial charge in [-0.05, 0) is 70.1 Å². The fourth-order valence-corrected chi connectivity index (χ4v) is 5.94. The van der Waals surface area contributed by atoms with Crippen molar-refractivity contribution in [1.82, 2.24) is 14.8 Å². The standard InChI is InChI=1S/C25H34BrClN4S/c1-2-3-4-22-15-31(10-9-30(22)14-21(28)16-32)25-23-8-7-20(27)12-17(23)5-6-18-11-19(26)13-29-24(18)25/h7-8,11-13,21-22,25,32H,2-6,9-10,14-16,28H2,1H3. The van der Waals surface area contributed by atoms with Crippen LogP contribution in [0.4, 0.5) is 0 Å². The summed E-state index contributed by atoms with van der Waals surface area (Å²) < 4.78 is 1.05. The smallest absolute Gasteiger partial charge is 0.0782 e. The van der Waals surface area contributed by atoms with Crippen molar-refractivity contribution in [3.63, 3.8) is 0 Å². The number of halogens is 2. The minimum absolute atomic E-state index is 0.120. The van der Waals surface area contributed by atoms with Gasteiger partial charge in [0.25, 0.3) is 0 Å². The number of aromatic nitrogens is 1. The highest BCUT2D eigenvalue weighted by molar-refractivity contribution is 9.10. The summed E-state index contributed by atoms with van der Waals surface area (Å²) in [7, 11) is 0. The van der Waals surface area contributed by atoms with Gasteiger partial charge in [0.2, 0.25) is 0 Å². The first-order valence-corrected chi connectivity index (χ1v) is 13.6. The fraction of sp³-hybridized carbons (Fsp3) is 0.560. The Labute approximate surface area is 211 Å². The summed E-state index contributed by atoms with van der Waals surface area (Å²) in [6, 6.07) is 9.46. The van der Waals surface area contributed by atoms with Gasteiger partial charge < -0.3 is 5.73 Å². The van der Waals surface area contributed by atoms with Crippen LogP contribution in [0.1, 0.15) is 54.6 Å². The summed E-state index contributed by atoms with van der Waals surface area (Å²) in [4.78, 5) is 10.2. The van der Waals surface area contributed by atoms with E-state index in [1.54, 1.807) is 0 Å². The number of rotatable bonds is 7. The quantitative estimate of drug-likeness (QED) is 0.481. The van der Waals surface area contributed by atoms with Gasteiger partial charge in [-0.2, -0.15) is 12.6 Å². The maximum Gasteiger partial charge on any atom is 0.0782 e. The molecule has 2 aliphatic rings. The fourth-order valence-electron chi connectivity index (χ4n) is 5.25. The molecule has 1 aliphatic carbocycles.